The summed E-state index contributed by atoms with van der Waals surface area (Å²) >= 11 is 5.61. The number of hydrogen-bond acceptors (Lipinski definition) is 3. The fourth-order valence-electron chi connectivity index (χ4n) is 1.76. The van der Waals surface area contributed by atoms with Gasteiger partial charge in [0.05, 0.1) is 11.6 Å². The summed E-state index contributed by atoms with van der Waals surface area (Å²) in [5.74, 6) is 0.537. The van der Waals surface area contributed by atoms with Gasteiger partial charge in [0.2, 0.25) is 0 Å². The first-order valence-corrected chi connectivity index (χ1v) is 5.99. The molecule has 0 unspecified atom stereocenters. The highest BCUT2D eigenvalue weighted by molar-refractivity contribution is 6.28. The molecule has 0 spiro atoms. The minimum Gasteiger partial charge on any atom is -0.423 e. The van der Waals surface area contributed by atoms with E-state index in [4.69, 9.17) is 21.8 Å². The van der Waals surface area contributed by atoms with Crippen molar-refractivity contribution < 1.29 is 4.42 Å². The Morgan fingerprint density at radius 2 is 2.06 bits per heavy atom. The summed E-state index contributed by atoms with van der Waals surface area (Å²) < 4.78 is 5.15. The van der Waals surface area contributed by atoms with E-state index in [2.05, 4.69) is 4.99 Å². The third-order valence-electron chi connectivity index (χ3n) is 2.67. The Morgan fingerprint density at radius 1 is 1.33 bits per heavy atom. The molecule has 94 valence electrons. The van der Waals surface area contributed by atoms with Crippen LogP contribution in [0.4, 0.5) is 5.69 Å². The van der Waals surface area contributed by atoms with Crippen molar-refractivity contribution in [3.8, 4) is 0 Å². The van der Waals surface area contributed by atoms with Crippen LogP contribution in [0.15, 0.2) is 32.4 Å². The molecule has 0 aliphatic rings. The molecule has 0 saturated heterocycles. The van der Waals surface area contributed by atoms with Crippen molar-refractivity contribution in [2.75, 3.05) is 5.88 Å². The van der Waals surface area contributed by atoms with Gasteiger partial charge in [-0.25, -0.2) is 9.79 Å². The summed E-state index contributed by atoms with van der Waals surface area (Å²) in [7, 11) is 0. The Morgan fingerprint density at radius 3 is 2.72 bits per heavy atom. The minimum absolute atomic E-state index is 0.181. The zero-order valence-corrected chi connectivity index (χ0v) is 10.9. The van der Waals surface area contributed by atoms with Crippen LogP contribution in [-0.2, 0) is 0 Å². The molecular weight excluding hydrogens is 252 g/mol. The van der Waals surface area contributed by atoms with Crippen molar-refractivity contribution in [3.05, 3.63) is 39.7 Å². The predicted octanol–water partition coefficient (Wildman–Crippen LogP) is 2.64. The van der Waals surface area contributed by atoms with Crippen molar-refractivity contribution in [1.82, 2.24) is 0 Å². The molecule has 5 heteroatoms. The average molecular weight is 265 g/mol. The van der Waals surface area contributed by atoms with E-state index >= 15 is 0 Å². The minimum atomic E-state index is -0.351. The lowest BCUT2D eigenvalue weighted by molar-refractivity contribution is 0.559. The molecule has 0 fully saturated rings. The van der Waals surface area contributed by atoms with Crippen LogP contribution in [0.25, 0.3) is 11.0 Å². The second kappa shape index (κ2) is 4.82. The Balaban J connectivity index is 2.72. The molecule has 4 nitrogen and oxygen atoms in total. The normalized spacial score (nSPS) is 12.1. The molecule has 18 heavy (non-hydrogen) atoms. The molecule has 0 atom stereocenters. The third kappa shape index (κ3) is 2.38. The van der Waals surface area contributed by atoms with Gasteiger partial charge in [0.1, 0.15) is 11.4 Å². The molecule has 2 aromatic rings. The molecule has 0 aliphatic carbocycles. The SMILES string of the molecule is Cc1cc2oc(=O)cc(C)c2cc1N=C(N)CCl. The highest BCUT2D eigenvalue weighted by atomic mass is 35.5. The molecule has 0 radical (unpaired) electrons. The lowest BCUT2D eigenvalue weighted by Crippen LogP contribution is -2.12. The van der Waals surface area contributed by atoms with E-state index < -0.39 is 0 Å². The van der Waals surface area contributed by atoms with Crippen molar-refractivity contribution in [1.29, 1.82) is 0 Å². The van der Waals surface area contributed by atoms with Crippen molar-refractivity contribution in [2.45, 2.75) is 13.8 Å². The smallest absolute Gasteiger partial charge is 0.336 e. The maximum atomic E-state index is 11.3. The average Bonchev–Trinajstić information content (AvgIpc) is 2.30. The van der Waals surface area contributed by atoms with E-state index in [-0.39, 0.29) is 11.5 Å². The molecule has 1 aromatic carbocycles. The number of aliphatic imine (C=N–C) groups is 1. The summed E-state index contributed by atoms with van der Waals surface area (Å²) in [5.41, 5.74) is 8.29. The number of nitrogens with two attached hydrogens (primary N) is 1. The second-order valence-electron chi connectivity index (χ2n) is 4.12. The van der Waals surface area contributed by atoms with Crippen LogP contribution in [0, 0.1) is 13.8 Å². The molecule has 0 saturated carbocycles. The van der Waals surface area contributed by atoms with Crippen LogP contribution in [0.2, 0.25) is 0 Å². The Hall–Kier alpha value is -1.81. The molecule has 0 aliphatic heterocycles. The third-order valence-corrected chi connectivity index (χ3v) is 2.94. The maximum Gasteiger partial charge on any atom is 0.336 e. The summed E-state index contributed by atoms with van der Waals surface area (Å²) in [6.07, 6.45) is 0. The van der Waals surface area contributed by atoms with E-state index in [9.17, 15) is 4.79 Å². The largest absolute Gasteiger partial charge is 0.423 e. The van der Waals surface area contributed by atoms with E-state index in [0.29, 0.717) is 11.4 Å². The first kappa shape index (κ1) is 12.6. The Bertz CT molecular complexity index is 689. The zero-order valence-electron chi connectivity index (χ0n) is 10.2. The van der Waals surface area contributed by atoms with Crippen LogP contribution < -0.4 is 11.4 Å². The Labute approximate surface area is 109 Å². The molecule has 0 amide bonds. The fourth-order valence-corrected chi connectivity index (χ4v) is 1.82. The molecule has 2 N–H and O–H groups in total. The second-order valence-corrected chi connectivity index (χ2v) is 4.39. The van der Waals surface area contributed by atoms with E-state index in [1.807, 2.05) is 19.9 Å². The molecular formula is C13H13ClN2O2. The monoisotopic (exact) mass is 264 g/mol. The van der Waals surface area contributed by atoms with Gasteiger partial charge >= 0.3 is 5.63 Å². The highest BCUT2D eigenvalue weighted by Gasteiger charge is 2.06. The standard InChI is InChI=1S/C13H13ClN2O2/c1-7-4-13(17)18-11-3-8(2)10(5-9(7)11)16-12(15)6-14/h3-5H,6H2,1-2H3,(H2,15,16). The zero-order chi connectivity index (χ0) is 13.3. The van der Waals surface area contributed by atoms with Gasteiger partial charge in [-0.15, -0.1) is 11.6 Å². The summed E-state index contributed by atoms with van der Waals surface area (Å²) in [4.78, 5) is 15.5. The summed E-state index contributed by atoms with van der Waals surface area (Å²) in [5, 5.41) is 0.848. The first-order valence-electron chi connectivity index (χ1n) is 5.45. The molecule has 0 bridgehead atoms. The van der Waals surface area contributed by atoms with Gasteiger partial charge in [0.15, 0.2) is 0 Å². The number of amidine groups is 1. The lowest BCUT2D eigenvalue weighted by Gasteiger charge is -2.05. The summed E-state index contributed by atoms with van der Waals surface area (Å²) in [6.45, 7) is 3.73. The van der Waals surface area contributed by atoms with E-state index in [0.717, 1.165) is 22.2 Å². The van der Waals surface area contributed by atoms with Crippen molar-refractivity contribution >= 4 is 34.1 Å². The fraction of sp³-hybridized carbons (Fsp3) is 0.231. The molecule has 1 aromatic heterocycles. The molecule has 2 rings (SSSR count). The number of aryl methyl sites for hydroxylation is 2. The maximum absolute atomic E-state index is 11.3. The predicted molar refractivity (Wildman–Crippen MR) is 74.0 cm³/mol. The van der Waals surface area contributed by atoms with Crippen LogP contribution >= 0.6 is 11.6 Å². The van der Waals surface area contributed by atoms with E-state index in [1.165, 1.54) is 6.07 Å². The quantitative estimate of drug-likeness (QED) is 0.392. The Kier molecular flexibility index (Phi) is 3.39. The van der Waals surface area contributed by atoms with Gasteiger partial charge in [-0.05, 0) is 37.1 Å². The van der Waals surface area contributed by atoms with Gasteiger partial charge in [-0.1, -0.05) is 0 Å². The number of nitrogens with zero attached hydrogens (tertiary/aromatic N) is 1. The van der Waals surface area contributed by atoms with Gasteiger partial charge in [-0.3, -0.25) is 0 Å². The van der Waals surface area contributed by atoms with Gasteiger partial charge in [0, 0.05) is 11.5 Å². The number of rotatable bonds is 2. The van der Waals surface area contributed by atoms with Crippen LogP contribution in [0.3, 0.4) is 0 Å². The number of benzene rings is 1. The first-order chi connectivity index (χ1) is 8.51. The van der Waals surface area contributed by atoms with Crippen molar-refractivity contribution in [2.24, 2.45) is 10.7 Å². The number of hydrogen-bond donors (Lipinski definition) is 1. The molecule has 1 heterocycles. The van der Waals surface area contributed by atoms with E-state index in [1.54, 1.807) is 6.07 Å². The number of halogens is 1. The topological polar surface area (TPSA) is 68.6 Å². The van der Waals surface area contributed by atoms with Crippen LogP contribution in [0.1, 0.15) is 11.1 Å². The number of alkyl halides is 1. The highest BCUT2D eigenvalue weighted by Crippen LogP contribution is 2.27. The van der Waals surface area contributed by atoms with Gasteiger partial charge in [-0.2, -0.15) is 0 Å². The van der Waals surface area contributed by atoms with Crippen LogP contribution in [0.5, 0.6) is 0 Å². The number of fused-ring (bicyclic) bond motifs is 1. The van der Waals surface area contributed by atoms with Gasteiger partial charge < -0.3 is 10.2 Å². The van der Waals surface area contributed by atoms with Crippen LogP contribution in [-0.4, -0.2) is 11.7 Å². The van der Waals surface area contributed by atoms with Gasteiger partial charge in [0.25, 0.3) is 0 Å². The van der Waals surface area contributed by atoms with Crippen molar-refractivity contribution in [3.63, 3.8) is 0 Å². The summed E-state index contributed by atoms with van der Waals surface area (Å²) in [6, 6.07) is 5.09. The lowest BCUT2D eigenvalue weighted by atomic mass is 10.1.